The first kappa shape index (κ1) is 20.2. The van der Waals surface area contributed by atoms with Gasteiger partial charge in [0.05, 0.1) is 26.4 Å². The summed E-state index contributed by atoms with van der Waals surface area (Å²) >= 11 is 13.5. The first-order valence-electron chi connectivity index (χ1n) is 8.28. The zero-order chi connectivity index (χ0) is 20.1. The number of carbonyl (C=O) groups is 1. The van der Waals surface area contributed by atoms with Crippen molar-refractivity contribution in [3.8, 4) is 5.75 Å². The van der Waals surface area contributed by atoms with Crippen LogP contribution < -0.4 is 15.8 Å². The molecule has 5 nitrogen and oxygen atoms in total. The summed E-state index contributed by atoms with van der Waals surface area (Å²) in [6, 6.07) is 10.5. The van der Waals surface area contributed by atoms with Crippen LogP contribution in [0.1, 0.15) is 16.3 Å². The van der Waals surface area contributed by atoms with Crippen molar-refractivity contribution in [2.24, 2.45) is 0 Å². The number of anilines is 2. The molecule has 0 fully saturated rings. The Labute approximate surface area is 176 Å². The van der Waals surface area contributed by atoms with E-state index in [0.29, 0.717) is 12.3 Å². The van der Waals surface area contributed by atoms with Gasteiger partial charge in [-0.2, -0.15) is 0 Å². The Bertz CT molecular complexity index is 994. The number of aromatic nitrogens is 1. The molecule has 0 aliphatic heterocycles. The summed E-state index contributed by atoms with van der Waals surface area (Å²) in [6.45, 7) is 2.39. The number of ether oxygens (including phenoxy) is 1. The van der Waals surface area contributed by atoms with E-state index in [1.807, 2.05) is 36.6 Å². The third kappa shape index (κ3) is 5.48. The number of halogens is 2. The lowest BCUT2D eigenvalue weighted by atomic mass is 10.2. The molecule has 3 rings (SSSR count). The Morgan fingerprint density at radius 1 is 1.25 bits per heavy atom. The van der Waals surface area contributed by atoms with Crippen molar-refractivity contribution in [3.63, 3.8) is 0 Å². The number of benzene rings is 2. The van der Waals surface area contributed by atoms with Crippen LogP contribution in [0.25, 0.3) is 6.08 Å². The molecule has 3 N–H and O–H groups in total. The molecule has 1 aromatic heterocycles. The van der Waals surface area contributed by atoms with Gasteiger partial charge >= 0.3 is 0 Å². The summed E-state index contributed by atoms with van der Waals surface area (Å²) in [4.78, 5) is 16.4. The van der Waals surface area contributed by atoms with Gasteiger partial charge in [0, 0.05) is 17.1 Å². The fourth-order valence-corrected chi connectivity index (χ4v) is 3.40. The molecule has 0 bridgehead atoms. The molecule has 0 saturated carbocycles. The van der Waals surface area contributed by atoms with E-state index >= 15 is 0 Å². The molecule has 1 amide bonds. The topological polar surface area (TPSA) is 77.2 Å². The predicted molar refractivity (Wildman–Crippen MR) is 116 cm³/mol. The zero-order valence-electron chi connectivity index (χ0n) is 14.9. The van der Waals surface area contributed by atoms with Gasteiger partial charge in [0.25, 0.3) is 0 Å². The number of aryl methyl sites for hydroxylation is 1. The quantitative estimate of drug-likeness (QED) is 0.393. The second-order valence-corrected chi connectivity index (χ2v) is 7.77. The van der Waals surface area contributed by atoms with E-state index in [4.69, 9.17) is 33.7 Å². The monoisotopic (exact) mass is 433 g/mol. The van der Waals surface area contributed by atoms with Crippen molar-refractivity contribution in [1.29, 1.82) is 0 Å². The normalized spacial score (nSPS) is 11.0. The molecule has 8 heteroatoms. The highest BCUT2D eigenvalue weighted by atomic mass is 35.5. The molecule has 0 atom stereocenters. The van der Waals surface area contributed by atoms with Crippen LogP contribution in [0.15, 0.2) is 47.9 Å². The summed E-state index contributed by atoms with van der Waals surface area (Å²) < 4.78 is 5.70. The zero-order valence-corrected chi connectivity index (χ0v) is 17.2. The fourth-order valence-electron chi connectivity index (χ4n) is 2.32. The van der Waals surface area contributed by atoms with Crippen LogP contribution in [0, 0.1) is 6.92 Å². The molecule has 0 aliphatic carbocycles. The lowest BCUT2D eigenvalue weighted by molar-refractivity contribution is -0.111. The van der Waals surface area contributed by atoms with Crippen molar-refractivity contribution < 1.29 is 9.53 Å². The van der Waals surface area contributed by atoms with Crippen LogP contribution in [0.4, 0.5) is 11.4 Å². The maximum absolute atomic E-state index is 12.1. The van der Waals surface area contributed by atoms with Crippen molar-refractivity contribution in [2.75, 3.05) is 11.1 Å². The number of nitrogens with one attached hydrogen (secondary N) is 1. The summed E-state index contributed by atoms with van der Waals surface area (Å²) in [5, 5.41) is 6.26. The predicted octanol–water partition coefficient (Wildman–Crippen LogP) is 5.57. The Morgan fingerprint density at radius 3 is 2.54 bits per heavy atom. The molecular formula is C20H17Cl2N3O2S. The van der Waals surface area contributed by atoms with Crippen LogP contribution in [-0.4, -0.2) is 10.9 Å². The second kappa shape index (κ2) is 9.10. The number of hydrogen-bond acceptors (Lipinski definition) is 5. The molecule has 0 unspecified atom stereocenters. The van der Waals surface area contributed by atoms with Gasteiger partial charge in [0.1, 0.15) is 12.4 Å². The molecule has 1 heterocycles. The molecule has 0 spiro atoms. The lowest BCUT2D eigenvalue weighted by Gasteiger charge is -2.07. The molecule has 3 aromatic rings. The number of nitrogens with zero attached hydrogens (tertiary/aromatic N) is 1. The minimum Gasteiger partial charge on any atom is -0.487 e. The van der Waals surface area contributed by atoms with E-state index in [-0.39, 0.29) is 21.6 Å². The molecule has 0 aliphatic rings. The average molecular weight is 434 g/mol. The van der Waals surface area contributed by atoms with Crippen LogP contribution >= 0.6 is 34.5 Å². The van der Waals surface area contributed by atoms with Crippen molar-refractivity contribution >= 4 is 57.9 Å². The minimum absolute atomic E-state index is 0.282. The van der Waals surface area contributed by atoms with E-state index in [1.54, 1.807) is 29.5 Å². The maximum Gasteiger partial charge on any atom is 0.248 e. The first-order chi connectivity index (χ1) is 13.4. The number of hydrogen-bond donors (Lipinski definition) is 2. The average Bonchev–Trinajstić information content (AvgIpc) is 3.09. The van der Waals surface area contributed by atoms with Gasteiger partial charge < -0.3 is 15.8 Å². The van der Waals surface area contributed by atoms with Crippen LogP contribution in [0.3, 0.4) is 0 Å². The third-order valence-corrected chi connectivity index (χ3v) is 5.15. The Balaban J connectivity index is 1.55. The number of rotatable bonds is 6. The SMILES string of the molecule is Cc1nc(COc2ccc(/C=C/C(=O)Nc3cc(Cl)c(N)c(Cl)c3)cc2)cs1. The summed E-state index contributed by atoms with van der Waals surface area (Å²) in [5.74, 6) is 0.426. The molecule has 144 valence electrons. The smallest absolute Gasteiger partial charge is 0.248 e. The number of carbonyl (C=O) groups excluding carboxylic acids is 1. The number of nitrogen functional groups attached to an aromatic ring is 1. The van der Waals surface area contributed by atoms with Gasteiger partial charge in [0.15, 0.2) is 0 Å². The highest BCUT2D eigenvalue weighted by Gasteiger charge is 2.06. The lowest BCUT2D eigenvalue weighted by Crippen LogP contribution is -2.08. The molecule has 0 saturated heterocycles. The Morgan fingerprint density at radius 2 is 1.93 bits per heavy atom. The van der Waals surface area contributed by atoms with Gasteiger partial charge in [-0.05, 0) is 42.8 Å². The van der Waals surface area contributed by atoms with E-state index in [0.717, 1.165) is 22.0 Å². The van der Waals surface area contributed by atoms with E-state index < -0.39 is 0 Å². The fraction of sp³-hybridized carbons (Fsp3) is 0.100. The third-order valence-electron chi connectivity index (χ3n) is 3.71. The Kier molecular flexibility index (Phi) is 6.57. The van der Waals surface area contributed by atoms with Gasteiger partial charge in [-0.3, -0.25) is 4.79 Å². The van der Waals surface area contributed by atoms with Gasteiger partial charge in [0.2, 0.25) is 5.91 Å². The first-order valence-corrected chi connectivity index (χ1v) is 9.92. The van der Waals surface area contributed by atoms with Crippen molar-refractivity contribution in [1.82, 2.24) is 4.98 Å². The maximum atomic E-state index is 12.1. The highest BCUT2D eigenvalue weighted by molar-refractivity contribution is 7.09. The van der Waals surface area contributed by atoms with E-state index in [1.165, 1.54) is 6.08 Å². The summed E-state index contributed by atoms with van der Waals surface area (Å²) in [5.41, 5.74) is 8.20. The summed E-state index contributed by atoms with van der Waals surface area (Å²) in [7, 11) is 0. The van der Waals surface area contributed by atoms with Gasteiger partial charge in [-0.15, -0.1) is 11.3 Å². The molecule has 0 radical (unpaired) electrons. The summed E-state index contributed by atoms with van der Waals surface area (Å²) in [6.07, 6.45) is 3.12. The number of nitrogens with two attached hydrogens (primary N) is 1. The van der Waals surface area contributed by atoms with Gasteiger partial charge in [-0.1, -0.05) is 35.3 Å². The van der Waals surface area contributed by atoms with Crippen LogP contribution in [0.2, 0.25) is 10.0 Å². The second-order valence-electron chi connectivity index (χ2n) is 5.89. The van der Waals surface area contributed by atoms with E-state index in [2.05, 4.69) is 10.3 Å². The van der Waals surface area contributed by atoms with E-state index in [9.17, 15) is 4.79 Å². The standard InChI is InChI=1S/C20H17Cl2N3O2S/c1-12-24-15(11-28-12)10-27-16-5-2-13(3-6-16)4-7-19(26)25-14-8-17(21)20(23)18(22)9-14/h2-9,11H,10,23H2,1H3,(H,25,26)/b7-4+. The number of thiazole rings is 1. The molecule has 2 aromatic carbocycles. The van der Waals surface area contributed by atoms with Crippen LogP contribution in [-0.2, 0) is 11.4 Å². The van der Waals surface area contributed by atoms with Crippen LogP contribution in [0.5, 0.6) is 5.75 Å². The highest BCUT2D eigenvalue weighted by Crippen LogP contribution is 2.31. The van der Waals surface area contributed by atoms with Crippen molar-refractivity contribution in [2.45, 2.75) is 13.5 Å². The van der Waals surface area contributed by atoms with Crippen molar-refractivity contribution in [3.05, 3.63) is 74.2 Å². The number of amides is 1. The van der Waals surface area contributed by atoms with Gasteiger partial charge in [-0.25, -0.2) is 4.98 Å². The minimum atomic E-state index is -0.309. The molecule has 28 heavy (non-hydrogen) atoms. The molecular weight excluding hydrogens is 417 g/mol. The Hall–Kier alpha value is -2.54. The largest absolute Gasteiger partial charge is 0.487 e.